The van der Waals surface area contributed by atoms with Crippen molar-refractivity contribution in [2.24, 2.45) is 0 Å². The van der Waals surface area contributed by atoms with Crippen molar-refractivity contribution in [3.63, 3.8) is 0 Å². The average Bonchev–Trinajstić information content (AvgIpc) is 2.99. The van der Waals surface area contributed by atoms with E-state index in [1.54, 1.807) is 6.92 Å². The van der Waals surface area contributed by atoms with Gasteiger partial charge in [-0.15, -0.1) is 0 Å². The second-order valence-corrected chi connectivity index (χ2v) is 10.4. The number of hydrogen-bond acceptors (Lipinski definition) is 6. The molecule has 0 saturated carbocycles. The number of carboxylic acids is 1. The first-order valence-electron chi connectivity index (χ1n) is 13.7. The third kappa shape index (κ3) is 8.20. The van der Waals surface area contributed by atoms with Gasteiger partial charge in [0.2, 0.25) is 23.4 Å². The lowest BCUT2D eigenvalue weighted by Gasteiger charge is -2.39. The molecule has 1 unspecified atom stereocenters. The van der Waals surface area contributed by atoms with Gasteiger partial charge in [-0.3, -0.25) is 24.1 Å². The lowest BCUT2D eigenvalue weighted by Crippen LogP contribution is -2.58. The van der Waals surface area contributed by atoms with Gasteiger partial charge in [-0.05, 0) is 41.8 Å². The van der Waals surface area contributed by atoms with E-state index in [2.05, 4.69) is 10.1 Å². The standard InChI is InChI=1S/C31H28F5N3O6/c1-17-31(44)39(8-7-38(17)14-18-9-20(11-21(32)10-18)19-5-3-2-4-6-19)15-26(41)37-24(13-27(42)43)25(40)16-45-30-28(35)22(33)12-23(34)29(30)36/h2-6,9-12,17,24H,7-8,13-16H2,1H3,(H,37,41)(H,42,43)/t17?,24-/m0/s1. The number of hydrogen-bond donors (Lipinski definition) is 2. The van der Waals surface area contributed by atoms with Crippen LogP contribution in [0.5, 0.6) is 5.75 Å². The molecule has 1 heterocycles. The number of piperazine rings is 1. The Bertz CT molecular complexity index is 1580. The molecule has 1 saturated heterocycles. The minimum Gasteiger partial charge on any atom is -0.481 e. The zero-order chi connectivity index (χ0) is 32.8. The fourth-order valence-electron chi connectivity index (χ4n) is 4.88. The number of rotatable bonds is 12. The van der Waals surface area contributed by atoms with E-state index in [1.807, 2.05) is 41.3 Å². The van der Waals surface area contributed by atoms with E-state index in [4.69, 9.17) is 0 Å². The third-order valence-corrected chi connectivity index (χ3v) is 7.19. The highest BCUT2D eigenvalue weighted by atomic mass is 19.2. The molecule has 1 aliphatic rings. The Labute approximate surface area is 254 Å². The fraction of sp³-hybridized carbons (Fsp3) is 0.290. The first-order valence-corrected chi connectivity index (χ1v) is 13.7. The van der Waals surface area contributed by atoms with Crippen LogP contribution in [-0.2, 0) is 25.7 Å². The maximum absolute atomic E-state index is 14.4. The largest absolute Gasteiger partial charge is 0.481 e. The Morgan fingerprint density at radius 2 is 1.62 bits per heavy atom. The number of ketones is 1. The van der Waals surface area contributed by atoms with Gasteiger partial charge in [0.05, 0.1) is 19.0 Å². The summed E-state index contributed by atoms with van der Waals surface area (Å²) in [5, 5.41) is 11.3. The number of aliphatic carboxylic acids is 1. The van der Waals surface area contributed by atoms with Crippen molar-refractivity contribution in [1.29, 1.82) is 0 Å². The second-order valence-electron chi connectivity index (χ2n) is 10.4. The molecule has 0 aliphatic carbocycles. The number of carbonyl (C=O) groups is 4. The van der Waals surface area contributed by atoms with Gasteiger partial charge in [0, 0.05) is 25.7 Å². The van der Waals surface area contributed by atoms with Crippen LogP contribution in [0, 0.1) is 29.1 Å². The Morgan fingerprint density at radius 3 is 2.27 bits per heavy atom. The summed E-state index contributed by atoms with van der Waals surface area (Å²) in [6, 6.07) is 11.3. The first-order chi connectivity index (χ1) is 21.3. The summed E-state index contributed by atoms with van der Waals surface area (Å²) in [5.41, 5.74) is 2.14. The molecule has 4 rings (SSSR count). The number of carboxylic acid groups (broad SMARTS) is 1. The number of halogens is 5. The zero-order valence-electron chi connectivity index (χ0n) is 23.9. The predicted octanol–water partition coefficient (Wildman–Crippen LogP) is 3.69. The number of nitrogens with zero attached hydrogens (tertiary/aromatic N) is 2. The molecule has 0 radical (unpaired) electrons. The van der Waals surface area contributed by atoms with Gasteiger partial charge >= 0.3 is 5.97 Å². The summed E-state index contributed by atoms with van der Waals surface area (Å²) in [4.78, 5) is 52.8. The molecule has 1 fully saturated rings. The molecular weight excluding hydrogens is 605 g/mol. The highest BCUT2D eigenvalue weighted by Crippen LogP contribution is 2.27. The molecule has 0 spiro atoms. The van der Waals surface area contributed by atoms with Crippen LogP contribution in [0.3, 0.4) is 0 Å². The van der Waals surface area contributed by atoms with E-state index in [0.29, 0.717) is 17.7 Å². The number of Topliss-reactive ketones (excluding diaryl/α,β-unsaturated/α-hetero) is 1. The minimum atomic E-state index is -1.90. The molecule has 2 N–H and O–H groups in total. The maximum Gasteiger partial charge on any atom is 0.305 e. The van der Waals surface area contributed by atoms with E-state index < -0.39 is 90.1 Å². The van der Waals surface area contributed by atoms with Gasteiger partial charge in [-0.1, -0.05) is 30.3 Å². The molecule has 238 valence electrons. The summed E-state index contributed by atoms with van der Waals surface area (Å²) in [5.74, 6) is -13.4. The van der Waals surface area contributed by atoms with Gasteiger partial charge in [-0.25, -0.2) is 13.2 Å². The van der Waals surface area contributed by atoms with Crippen LogP contribution in [0.25, 0.3) is 11.1 Å². The van der Waals surface area contributed by atoms with E-state index in [0.717, 1.165) is 5.56 Å². The molecule has 3 aromatic carbocycles. The second kappa shape index (κ2) is 14.3. The quantitative estimate of drug-likeness (QED) is 0.231. The van der Waals surface area contributed by atoms with E-state index in [9.17, 15) is 46.2 Å². The lowest BCUT2D eigenvalue weighted by molar-refractivity contribution is -0.145. The highest BCUT2D eigenvalue weighted by Gasteiger charge is 2.34. The van der Waals surface area contributed by atoms with Crippen LogP contribution in [-0.4, -0.2) is 76.8 Å². The smallest absolute Gasteiger partial charge is 0.305 e. The predicted molar refractivity (Wildman–Crippen MR) is 149 cm³/mol. The van der Waals surface area contributed by atoms with Gasteiger partial charge in [-0.2, -0.15) is 8.78 Å². The molecule has 45 heavy (non-hydrogen) atoms. The Hall–Kier alpha value is -4.85. The third-order valence-electron chi connectivity index (χ3n) is 7.19. The topological polar surface area (TPSA) is 116 Å². The average molecular weight is 634 g/mol. The summed E-state index contributed by atoms with van der Waals surface area (Å²) in [6.45, 7) is 0.487. The molecule has 14 heteroatoms. The molecule has 2 atom stereocenters. The Balaban J connectivity index is 1.36. The monoisotopic (exact) mass is 633 g/mol. The van der Waals surface area contributed by atoms with Gasteiger partial charge in [0.15, 0.2) is 23.2 Å². The zero-order valence-corrected chi connectivity index (χ0v) is 23.9. The number of nitrogens with one attached hydrogen (secondary N) is 1. The van der Waals surface area contributed by atoms with Gasteiger partial charge < -0.3 is 20.1 Å². The number of ether oxygens (including phenoxy) is 1. The minimum absolute atomic E-state index is 0.0575. The molecular formula is C31H28F5N3O6. The summed E-state index contributed by atoms with van der Waals surface area (Å²) >= 11 is 0. The van der Waals surface area contributed by atoms with Crippen LogP contribution >= 0.6 is 0 Å². The Morgan fingerprint density at radius 1 is 0.956 bits per heavy atom. The van der Waals surface area contributed by atoms with E-state index >= 15 is 0 Å². The molecule has 1 aliphatic heterocycles. The van der Waals surface area contributed by atoms with Crippen LogP contribution in [0.1, 0.15) is 18.9 Å². The van der Waals surface area contributed by atoms with Crippen molar-refractivity contribution < 1.29 is 51.0 Å². The molecule has 2 amide bonds. The van der Waals surface area contributed by atoms with Crippen molar-refractivity contribution in [3.05, 3.63) is 89.2 Å². The summed E-state index contributed by atoms with van der Waals surface area (Å²) < 4.78 is 73.6. The Kier molecular flexibility index (Phi) is 10.5. The molecule has 0 aromatic heterocycles. The van der Waals surface area contributed by atoms with Crippen molar-refractivity contribution >= 4 is 23.6 Å². The molecule has 9 nitrogen and oxygen atoms in total. The van der Waals surface area contributed by atoms with Crippen molar-refractivity contribution in [1.82, 2.24) is 15.1 Å². The SMILES string of the molecule is CC1C(=O)N(CC(=O)N[C@@H](CC(=O)O)C(=O)COc2c(F)c(F)cc(F)c2F)CCN1Cc1cc(F)cc(-c2ccccc2)c1. The number of carbonyl (C=O) groups excluding carboxylic acids is 3. The lowest BCUT2D eigenvalue weighted by atomic mass is 10.0. The van der Waals surface area contributed by atoms with Crippen LogP contribution in [0.15, 0.2) is 54.6 Å². The van der Waals surface area contributed by atoms with Crippen LogP contribution in [0.4, 0.5) is 22.0 Å². The molecule has 0 bridgehead atoms. The first kappa shape index (κ1) is 33.1. The summed E-state index contributed by atoms with van der Waals surface area (Å²) in [7, 11) is 0. The summed E-state index contributed by atoms with van der Waals surface area (Å²) in [6.07, 6.45) is -0.951. The van der Waals surface area contributed by atoms with Crippen LogP contribution in [0.2, 0.25) is 0 Å². The van der Waals surface area contributed by atoms with E-state index in [-0.39, 0.29) is 19.2 Å². The van der Waals surface area contributed by atoms with E-state index in [1.165, 1.54) is 17.0 Å². The highest BCUT2D eigenvalue weighted by molar-refractivity contribution is 5.94. The van der Waals surface area contributed by atoms with Crippen molar-refractivity contribution in [2.75, 3.05) is 26.2 Å². The van der Waals surface area contributed by atoms with Crippen molar-refractivity contribution in [3.8, 4) is 16.9 Å². The van der Waals surface area contributed by atoms with Crippen LogP contribution < -0.4 is 10.1 Å². The maximum atomic E-state index is 14.4. The number of benzene rings is 3. The van der Waals surface area contributed by atoms with Crippen molar-refractivity contribution in [2.45, 2.75) is 32.0 Å². The normalized spacial score (nSPS) is 15.9. The van der Waals surface area contributed by atoms with Gasteiger partial charge in [0.1, 0.15) is 18.5 Å². The fourth-order valence-corrected chi connectivity index (χ4v) is 4.88. The van der Waals surface area contributed by atoms with Gasteiger partial charge in [0.25, 0.3) is 0 Å². The number of amides is 2. The molecule has 3 aromatic rings.